The largest absolute Gasteiger partial charge is 0.493 e. The quantitative estimate of drug-likeness (QED) is 0.896. The Morgan fingerprint density at radius 3 is 2.75 bits per heavy atom. The highest BCUT2D eigenvalue weighted by atomic mass is 16.7. The van der Waals surface area contributed by atoms with Gasteiger partial charge in [-0.25, -0.2) is 0 Å². The van der Waals surface area contributed by atoms with Crippen LogP contribution in [-0.2, 0) is 9.47 Å². The molecule has 1 fully saturated rings. The highest BCUT2D eigenvalue weighted by Crippen LogP contribution is 2.36. The second kappa shape index (κ2) is 6.57. The van der Waals surface area contributed by atoms with E-state index in [1.54, 1.807) is 0 Å². The van der Waals surface area contributed by atoms with E-state index in [1.165, 1.54) is 5.56 Å². The van der Waals surface area contributed by atoms with Crippen molar-refractivity contribution in [1.29, 1.82) is 0 Å². The zero-order valence-electron chi connectivity index (χ0n) is 12.0. The number of rotatable bonds is 5. The third-order valence-electron chi connectivity index (χ3n) is 4.23. The molecule has 1 saturated heterocycles. The van der Waals surface area contributed by atoms with Crippen molar-refractivity contribution in [3.05, 3.63) is 29.8 Å². The Morgan fingerprint density at radius 1 is 1.15 bits per heavy atom. The van der Waals surface area contributed by atoms with Gasteiger partial charge in [-0.3, -0.25) is 0 Å². The first-order chi connectivity index (χ1) is 9.86. The third kappa shape index (κ3) is 3.14. The molecule has 1 aromatic rings. The van der Waals surface area contributed by atoms with Crippen LogP contribution >= 0.6 is 0 Å². The Balaban J connectivity index is 1.64. The van der Waals surface area contributed by atoms with Gasteiger partial charge in [0.2, 0.25) is 0 Å². The first-order valence-corrected chi connectivity index (χ1v) is 7.49. The lowest BCUT2D eigenvalue weighted by Crippen LogP contribution is -2.33. The van der Waals surface area contributed by atoms with Gasteiger partial charge in [0, 0.05) is 12.5 Å². The molecule has 1 N–H and O–H groups in total. The smallest absolute Gasteiger partial charge is 0.159 e. The van der Waals surface area contributed by atoms with Crippen molar-refractivity contribution in [3.63, 3.8) is 0 Å². The summed E-state index contributed by atoms with van der Waals surface area (Å²) in [6.45, 7) is 2.26. The van der Waals surface area contributed by atoms with Crippen molar-refractivity contribution in [1.82, 2.24) is 5.32 Å². The lowest BCUT2D eigenvalue weighted by molar-refractivity contribution is -0.0532. The van der Waals surface area contributed by atoms with E-state index in [-0.39, 0.29) is 6.29 Å². The van der Waals surface area contributed by atoms with E-state index >= 15 is 0 Å². The highest BCUT2D eigenvalue weighted by molar-refractivity contribution is 5.37. The molecule has 0 amide bonds. The summed E-state index contributed by atoms with van der Waals surface area (Å²) in [6.07, 6.45) is 3.06. The maximum Gasteiger partial charge on any atom is 0.159 e. The fraction of sp³-hybridized carbons (Fsp3) is 0.625. The van der Waals surface area contributed by atoms with Crippen LogP contribution < -0.4 is 10.1 Å². The van der Waals surface area contributed by atoms with E-state index in [0.29, 0.717) is 12.0 Å². The van der Waals surface area contributed by atoms with Gasteiger partial charge >= 0.3 is 0 Å². The van der Waals surface area contributed by atoms with E-state index in [0.717, 1.165) is 44.8 Å². The van der Waals surface area contributed by atoms with Gasteiger partial charge in [-0.05, 0) is 37.4 Å². The molecular formula is C16H23NO3. The minimum atomic E-state index is -0.0393. The normalized spacial score (nSPS) is 24.1. The molecule has 0 radical (unpaired) electrons. The lowest BCUT2D eigenvalue weighted by Gasteiger charge is -2.29. The van der Waals surface area contributed by atoms with E-state index in [9.17, 15) is 0 Å². The van der Waals surface area contributed by atoms with Crippen LogP contribution in [-0.4, -0.2) is 39.2 Å². The molecule has 4 heteroatoms. The molecule has 0 bridgehead atoms. The Bertz CT molecular complexity index is 431. The molecule has 0 saturated carbocycles. The summed E-state index contributed by atoms with van der Waals surface area (Å²) in [4.78, 5) is 0. The third-order valence-corrected chi connectivity index (χ3v) is 4.23. The van der Waals surface area contributed by atoms with Crippen molar-refractivity contribution >= 4 is 0 Å². The second-order valence-corrected chi connectivity index (χ2v) is 5.50. The van der Waals surface area contributed by atoms with Gasteiger partial charge in [0.05, 0.1) is 19.8 Å². The standard InChI is InChI=1S/C16H23NO3/c1-17-13(11-16-19-8-9-20-16)10-12-6-7-18-15-5-3-2-4-14(12)15/h2-5,12-13,16-17H,6-11H2,1H3. The molecule has 110 valence electrons. The number of nitrogens with one attached hydrogen (secondary N) is 1. The Labute approximate surface area is 120 Å². The maximum atomic E-state index is 5.73. The van der Waals surface area contributed by atoms with E-state index in [4.69, 9.17) is 14.2 Å². The van der Waals surface area contributed by atoms with Crippen LogP contribution in [0.5, 0.6) is 5.75 Å². The van der Waals surface area contributed by atoms with Crippen LogP contribution in [0.15, 0.2) is 24.3 Å². The fourth-order valence-electron chi connectivity index (χ4n) is 3.11. The van der Waals surface area contributed by atoms with Gasteiger partial charge < -0.3 is 19.5 Å². The van der Waals surface area contributed by atoms with Gasteiger partial charge in [0.15, 0.2) is 6.29 Å². The second-order valence-electron chi connectivity index (χ2n) is 5.50. The molecule has 0 aliphatic carbocycles. The molecule has 1 aromatic carbocycles. The van der Waals surface area contributed by atoms with Gasteiger partial charge in [-0.15, -0.1) is 0 Å². The van der Waals surface area contributed by atoms with Crippen molar-refractivity contribution in [2.45, 2.75) is 37.5 Å². The van der Waals surface area contributed by atoms with Crippen LogP contribution in [0.25, 0.3) is 0 Å². The first kappa shape index (κ1) is 13.9. The first-order valence-electron chi connectivity index (χ1n) is 7.49. The fourth-order valence-corrected chi connectivity index (χ4v) is 3.11. The number of para-hydroxylation sites is 1. The highest BCUT2D eigenvalue weighted by Gasteiger charge is 2.26. The minimum absolute atomic E-state index is 0.0393. The SMILES string of the molecule is CNC(CC1OCCO1)CC1CCOc2ccccc21. The molecule has 2 aliphatic heterocycles. The van der Waals surface area contributed by atoms with Gasteiger partial charge in [0.25, 0.3) is 0 Å². The predicted molar refractivity (Wildman–Crippen MR) is 77.1 cm³/mol. The number of hydrogen-bond donors (Lipinski definition) is 1. The number of benzene rings is 1. The molecule has 2 unspecified atom stereocenters. The van der Waals surface area contributed by atoms with Gasteiger partial charge in [-0.2, -0.15) is 0 Å². The zero-order valence-corrected chi connectivity index (χ0v) is 12.0. The van der Waals surface area contributed by atoms with Crippen LogP contribution in [0.3, 0.4) is 0 Å². The summed E-state index contributed by atoms with van der Waals surface area (Å²) in [5.41, 5.74) is 1.34. The molecule has 2 aliphatic rings. The van der Waals surface area contributed by atoms with Crippen molar-refractivity contribution in [3.8, 4) is 5.75 Å². The minimum Gasteiger partial charge on any atom is -0.493 e. The van der Waals surface area contributed by atoms with Crippen LogP contribution in [0.2, 0.25) is 0 Å². The molecule has 20 heavy (non-hydrogen) atoms. The number of hydrogen-bond acceptors (Lipinski definition) is 4. The maximum absolute atomic E-state index is 5.73. The van der Waals surface area contributed by atoms with Crippen molar-refractivity contribution in [2.75, 3.05) is 26.9 Å². The summed E-state index contributed by atoms with van der Waals surface area (Å²) in [7, 11) is 2.02. The Morgan fingerprint density at radius 2 is 1.95 bits per heavy atom. The number of fused-ring (bicyclic) bond motifs is 1. The van der Waals surface area contributed by atoms with Crippen molar-refractivity contribution < 1.29 is 14.2 Å². The monoisotopic (exact) mass is 277 g/mol. The van der Waals surface area contributed by atoms with Gasteiger partial charge in [0.1, 0.15) is 5.75 Å². The molecule has 3 rings (SSSR count). The average molecular weight is 277 g/mol. The molecule has 0 aromatic heterocycles. The summed E-state index contributed by atoms with van der Waals surface area (Å²) in [5, 5.41) is 3.41. The zero-order chi connectivity index (χ0) is 13.8. The van der Waals surface area contributed by atoms with Gasteiger partial charge in [-0.1, -0.05) is 18.2 Å². The predicted octanol–water partition coefficient (Wildman–Crippen LogP) is 2.29. The van der Waals surface area contributed by atoms with Crippen LogP contribution in [0.4, 0.5) is 0 Å². The van der Waals surface area contributed by atoms with E-state index < -0.39 is 0 Å². The summed E-state index contributed by atoms with van der Waals surface area (Å²) < 4.78 is 16.8. The topological polar surface area (TPSA) is 39.7 Å². The molecular weight excluding hydrogens is 254 g/mol. The summed E-state index contributed by atoms with van der Waals surface area (Å²) in [5.74, 6) is 1.60. The average Bonchev–Trinajstić information content (AvgIpc) is 3.00. The molecule has 4 nitrogen and oxygen atoms in total. The van der Waals surface area contributed by atoms with Crippen LogP contribution in [0, 0.1) is 0 Å². The van der Waals surface area contributed by atoms with E-state index in [2.05, 4.69) is 23.5 Å². The lowest BCUT2D eigenvalue weighted by atomic mass is 9.86. The number of ether oxygens (including phenoxy) is 3. The van der Waals surface area contributed by atoms with Crippen LogP contribution in [0.1, 0.15) is 30.7 Å². The van der Waals surface area contributed by atoms with E-state index in [1.807, 2.05) is 13.1 Å². The molecule has 2 heterocycles. The Kier molecular flexibility index (Phi) is 4.55. The summed E-state index contributed by atoms with van der Waals surface area (Å²) >= 11 is 0. The summed E-state index contributed by atoms with van der Waals surface area (Å²) in [6, 6.07) is 8.80. The molecule has 0 spiro atoms. The Hall–Kier alpha value is -1.10. The molecule has 2 atom stereocenters. The van der Waals surface area contributed by atoms with Crippen molar-refractivity contribution in [2.24, 2.45) is 0 Å².